The van der Waals surface area contributed by atoms with Gasteiger partial charge < -0.3 is 5.32 Å². The number of carbonyl (C=O) groups excluding carboxylic acids is 2. The molecule has 2 saturated heterocycles. The van der Waals surface area contributed by atoms with Crippen LogP contribution in [0.15, 0.2) is 18.2 Å². The molecule has 1 atom stereocenters. The molecule has 2 aromatic rings. The highest BCUT2D eigenvalue weighted by Gasteiger charge is 2.30. The summed E-state index contributed by atoms with van der Waals surface area (Å²) in [6, 6.07) is 6.08. The van der Waals surface area contributed by atoms with E-state index in [1.54, 1.807) is 4.68 Å². The molecule has 0 saturated carbocycles. The summed E-state index contributed by atoms with van der Waals surface area (Å²) in [5, 5.41) is 11.5. The van der Waals surface area contributed by atoms with Crippen LogP contribution >= 0.6 is 0 Å². The highest BCUT2D eigenvalue weighted by Crippen LogP contribution is 2.31. The van der Waals surface area contributed by atoms with Crippen molar-refractivity contribution in [3.63, 3.8) is 0 Å². The van der Waals surface area contributed by atoms with Crippen molar-refractivity contribution in [3.8, 4) is 0 Å². The van der Waals surface area contributed by atoms with E-state index in [2.05, 4.69) is 33.9 Å². The summed E-state index contributed by atoms with van der Waals surface area (Å²) in [7, 11) is 0. The summed E-state index contributed by atoms with van der Waals surface area (Å²) in [4.78, 5) is 23.5. The molecule has 1 aromatic heterocycles. The van der Waals surface area contributed by atoms with Crippen molar-refractivity contribution in [2.75, 3.05) is 13.1 Å². The standard InChI is InChI=1S/C18H22N4O2/c1-11-14-10-13(12-6-8-19-9-7-12)2-3-15(14)22(21-11)16-4-5-17(23)20-18(16)24/h2-3,10,12,16,19H,4-9H2,1H3,(H,20,23,24). The van der Waals surface area contributed by atoms with Gasteiger partial charge in [0.2, 0.25) is 5.91 Å². The fraction of sp³-hybridized carbons (Fsp3) is 0.500. The Balaban J connectivity index is 1.71. The molecule has 0 radical (unpaired) electrons. The van der Waals surface area contributed by atoms with Crippen LogP contribution in [0.1, 0.15) is 48.9 Å². The smallest absolute Gasteiger partial charge is 0.251 e. The molecule has 24 heavy (non-hydrogen) atoms. The maximum Gasteiger partial charge on any atom is 0.251 e. The van der Waals surface area contributed by atoms with Gasteiger partial charge in [-0.05, 0) is 62.9 Å². The lowest BCUT2D eigenvalue weighted by atomic mass is 9.89. The monoisotopic (exact) mass is 326 g/mol. The van der Waals surface area contributed by atoms with Crippen molar-refractivity contribution in [3.05, 3.63) is 29.5 Å². The zero-order chi connectivity index (χ0) is 16.7. The average Bonchev–Trinajstić information content (AvgIpc) is 2.92. The van der Waals surface area contributed by atoms with E-state index in [4.69, 9.17) is 0 Å². The van der Waals surface area contributed by atoms with Crippen molar-refractivity contribution in [2.45, 2.75) is 44.6 Å². The quantitative estimate of drug-likeness (QED) is 0.825. The average molecular weight is 326 g/mol. The lowest BCUT2D eigenvalue weighted by Gasteiger charge is -2.23. The number of carbonyl (C=O) groups is 2. The maximum absolute atomic E-state index is 12.2. The molecule has 2 amide bonds. The summed E-state index contributed by atoms with van der Waals surface area (Å²) >= 11 is 0. The highest BCUT2D eigenvalue weighted by molar-refractivity contribution is 6.00. The number of imide groups is 1. The number of amides is 2. The zero-order valence-corrected chi connectivity index (χ0v) is 13.8. The van der Waals surface area contributed by atoms with Crippen molar-refractivity contribution in [2.24, 2.45) is 0 Å². The number of aryl methyl sites for hydroxylation is 1. The number of piperidine rings is 2. The second kappa shape index (κ2) is 6.02. The number of hydrogen-bond acceptors (Lipinski definition) is 4. The minimum atomic E-state index is -0.399. The van der Waals surface area contributed by atoms with Gasteiger partial charge in [-0.3, -0.25) is 19.6 Å². The molecule has 6 nitrogen and oxygen atoms in total. The Morgan fingerprint density at radius 2 is 1.96 bits per heavy atom. The van der Waals surface area contributed by atoms with Gasteiger partial charge in [-0.25, -0.2) is 0 Å². The molecule has 4 rings (SSSR count). The van der Waals surface area contributed by atoms with Crippen LogP contribution in [0.5, 0.6) is 0 Å². The molecule has 0 spiro atoms. The fourth-order valence-corrected chi connectivity index (χ4v) is 3.87. The summed E-state index contributed by atoms with van der Waals surface area (Å²) in [6.45, 7) is 4.12. The van der Waals surface area contributed by atoms with Gasteiger partial charge in [-0.1, -0.05) is 6.07 Å². The molecule has 1 aromatic carbocycles. The number of aromatic nitrogens is 2. The fourth-order valence-electron chi connectivity index (χ4n) is 3.87. The van der Waals surface area contributed by atoms with Gasteiger partial charge in [-0.2, -0.15) is 5.10 Å². The third-order valence-corrected chi connectivity index (χ3v) is 5.23. The number of fused-ring (bicyclic) bond motifs is 1. The van der Waals surface area contributed by atoms with E-state index in [-0.39, 0.29) is 11.8 Å². The molecule has 2 N–H and O–H groups in total. The number of rotatable bonds is 2. The summed E-state index contributed by atoms with van der Waals surface area (Å²) < 4.78 is 1.79. The van der Waals surface area contributed by atoms with E-state index in [0.29, 0.717) is 18.8 Å². The third kappa shape index (κ3) is 2.60. The summed E-state index contributed by atoms with van der Waals surface area (Å²) in [6.07, 6.45) is 3.19. The molecule has 1 unspecified atom stereocenters. The van der Waals surface area contributed by atoms with E-state index in [0.717, 1.165) is 42.5 Å². The second-order valence-corrected chi connectivity index (χ2v) is 6.80. The normalized spacial score (nSPS) is 22.8. The van der Waals surface area contributed by atoms with E-state index in [9.17, 15) is 9.59 Å². The lowest BCUT2D eigenvalue weighted by Crippen LogP contribution is -2.42. The predicted octanol–water partition coefficient (Wildman–Crippen LogP) is 1.79. The van der Waals surface area contributed by atoms with Crippen LogP contribution in [0, 0.1) is 6.92 Å². The van der Waals surface area contributed by atoms with Crippen LogP contribution in [-0.2, 0) is 9.59 Å². The van der Waals surface area contributed by atoms with Gasteiger partial charge in [-0.15, -0.1) is 0 Å². The van der Waals surface area contributed by atoms with Gasteiger partial charge in [0.25, 0.3) is 5.91 Å². The molecule has 126 valence electrons. The molecule has 3 heterocycles. The Morgan fingerprint density at radius 1 is 1.17 bits per heavy atom. The van der Waals surface area contributed by atoms with Crippen molar-refractivity contribution < 1.29 is 9.59 Å². The van der Waals surface area contributed by atoms with Crippen LogP contribution in [-0.4, -0.2) is 34.7 Å². The first kappa shape index (κ1) is 15.3. The van der Waals surface area contributed by atoms with Crippen LogP contribution in [0.3, 0.4) is 0 Å². The number of benzene rings is 1. The Morgan fingerprint density at radius 3 is 2.71 bits per heavy atom. The molecular formula is C18H22N4O2. The van der Waals surface area contributed by atoms with Gasteiger partial charge in [0.05, 0.1) is 11.2 Å². The van der Waals surface area contributed by atoms with Crippen molar-refractivity contribution in [1.82, 2.24) is 20.4 Å². The Hall–Kier alpha value is -2.21. The minimum absolute atomic E-state index is 0.197. The van der Waals surface area contributed by atoms with Crippen LogP contribution in [0.2, 0.25) is 0 Å². The molecule has 6 heteroatoms. The first-order valence-electron chi connectivity index (χ1n) is 8.66. The van der Waals surface area contributed by atoms with Gasteiger partial charge in [0.15, 0.2) is 0 Å². The summed E-state index contributed by atoms with van der Waals surface area (Å²) in [5.41, 5.74) is 3.26. The zero-order valence-electron chi connectivity index (χ0n) is 13.8. The summed E-state index contributed by atoms with van der Waals surface area (Å²) in [5.74, 6) is 0.143. The maximum atomic E-state index is 12.2. The predicted molar refractivity (Wildman–Crippen MR) is 90.7 cm³/mol. The second-order valence-electron chi connectivity index (χ2n) is 6.80. The molecule has 2 fully saturated rings. The minimum Gasteiger partial charge on any atom is -0.317 e. The number of nitrogens with zero attached hydrogens (tertiary/aromatic N) is 2. The van der Waals surface area contributed by atoms with E-state index < -0.39 is 6.04 Å². The Labute approximate surface area is 140 Å². The molecule has 2 aliphatic heterocycles. The Bertz CT molecular complexity index is 805. The first-order valence-corrected chi connectivity index (χ1v) is 8.66. The Kier molecular flexibility index (Phi) is 3.84. The lowest BCUT2D eigenvalue weighted by molar-refractivity contribution is -0.135. The van der Waals surface area contributed by atoms with Crippen LogP contribution in [0.4, 0.5) is 0 Å². The van der Waals surface area contributed by atoms with Gasteiger partial charge in [0, 0.05) is 11.8 Å². The van der Waals surface area contributed by atoms with E-state index >= 15 is 0 Å². The van der Waals surface area contributed by atoms with Crippen molar-refractivity contribution in [1.29, 1.82) is 0 Å². The molecule has 0 aliphatic carbocycles. The van der Waals surface area contributed by atoms with Crippen molar-refractivity contribution >= 4 is 22.7 Å². The van der Waals surface area contributed by atoms with Gasteiger partial charge >= 0.3 is 0 Å². The molecule has 0 bridgehead atoms. The topological polar surface area (TPSA) is 76.0 Å². The number of hydrogen-bond donors (Lipinski definition) is 2. The van der Waals surface area contributed by atoms with Crippen LogP contribution < -0.4 is 10.6 Å². The van der Waals surface area contributed by atoms with E-state index in [1.165, 1.54) is 5.56 Å². The van der Waals surface area contributed by atoms with Gasteiger partial charge in [0.1, 0.15) is 6.04 Å². The SMILES string of the molecule is Cc1nn(C2CCC(=O)NC2=O)c2ccc(C3CCNCC3)cc12. The third-order valence-electron chi connectivity index (χ3n) is 5.23. The molecule has 2 aliphatic rings. The first-order chi connectivity index (χ1) is 11.6. The van der Waals surface area contributed by atoms with E-state index in [1.807, 2.05) is 6.92 Å². The number of nitrogens with one attached hydrogen (secondary N) is 2. The van der Waals surface area contributed by atoms with Crippen LogP contribution in [0.25, 0.3) is 10.9 Å². The molecular weight excluding hydrogens is 304 g/mol. The largest absolute Gasteiger partial charge is 0.317 e. The highest BCUT2D eigenvalue weighted by atomic mass is 16.2.